The van der Waals surface area contributed by atoms with Crippen LogP contribution in [0, 0.1) is 0 Å². The molecule has 0 saturated heterocycles. The van der Waals surface area contributed by atoms with E-state index in [2.05, 4.69) is 46.0 Å². The monoisotopic (exact) mass is 279 g/mol. The van der Waals surface area contributed by atoms with Gasteiger partial charge in [-0.1, -0.05) is 30.3 Å². The largest absolute Gasteiger partial charge is 0.364 e. The van der Waals surface area contributed by atoms with Gasteiger partial charge in [0.05, 0.1) is 11.9 Å². The molecule has 3 rings (SSSR count). The maximum Gasteiger partial charge on any atom is 0.184 e. The lowest BCUT2D eigenvalue weighted by molar-refractivity contribution is 0.631. The summed E-state index contributed by atoms with van der Waals surface area (Å²) < 4.78 is 0. The number of anilines is 1. The van der Waals surface area contributed by atoms with Crippen LogP contribution >= 0.6 is 0 Å². The molecule has 0 amide bonds. The van der Waals surface area contributed by atoms with Gasteiger partial charge in [-0.2, -0.15) is 0 Å². The van der Waals surface area contributed by atoms with E-state index < -0.39 is 0 Å². The molecule has 1 aromatic carbocycles. The fraction of sp³-hybridized carbons (Fsp3) is 0.250. The van der Waals surface area contributed by atoms with Crippen LogP contribution in [-0.2, 0) is 0 Å². The lowest BCUT2D eigenvalue weighted by Gasteiger charge is -2.21. The molecule has 1 N–H and O–H groups in total. The minimum Gasteiger partial charge on any atom is -0.364 e. The molecular weight excluding hydrogens is 262 g/mol. The van der Waals surface area contributed by atoms with Gasteiger partial charge in [0.2, 0.25) is 0 Å². The van der Waals surface area contributed by atoms with E-state index in [1.54, 1.807) is 6.20 Å². The van der Waals surface area contributed by atoms with Crippen molar-refractivity contribution >= 4 is 17.0 Å². The topological polar surface area (TPSA) is 63.6 Å². The van der Waals surface area contributed by atoms with Gasteiger partial charge < -0.3 is 5.32 Å². The Labute approximate surface area is 123 Å². The highest BCUT2D eigenvalue weighted by atomic mass is 15.1. The first-order valence-corrected chi connectivity index (χ1v) is 6.84. The highest BCUT2D eigenvalue weighted by Crippen LogP contribution is 2.22. The number of nitrogens with one attached hydrogen (secondary N) is 1. The highest BCUT2D eigenvalue weighted by molar-refractivity contribution is 5.83. The number of rotatable bonds is 2. The van der Waals surface area contributed by atoms with Crippen LogP contribution in [0.5, 0.6) is 0 Å². The van der Waals surface area contributed by atoms with E-state index in [0.717, 1.165) is 11.3 Å². The zero-order chi connectivity index (χ0) is 14.9. The van der Waals surface area contributed by atoms with E-state index in [4.69, 9.17) is 0 Å². The van der Waals surface area contributed by atoms with Gasteiger partial charge in [-0.3, -0.25) is 0 Å². The molecule has 0 atom stereocenters. The van der Waals surface area contributed by atoms with Crippen LogP contribution < -0.4 is 5.32 Å². The summed E-state index contributed by atoms with van der Waals surface area (Å²) >= 11 is 0. The van der Waals surface area contributed by atoms with Crippen molar-refractivity contribution < 1.29 is 0 Å². The van der Waals surface area contributed by atoms with Gasteiger partial charge in [0, 0.05) is 11.1 Å². The molecule has 3 aromatic rings. The summed E-state index contributed by atoms with van der Waals surface area (Å²) in [5.74, 6) is 0.708. The predicted octanol–water partition coefficient (Wildman–Crippen LogP) is 3.30. The van der Waals surface area contributed by atoms with E-state index in [9.17, 15) is 0 Å². The summed E-state index contributed by atoms with van der Waals surface area (Å²) in [5, 5.41) is 3.33. The summed E-state index contributed by atoms with van der Waals surface area (Å²) in [6.45, 7) is 6.23. The molecule has 106 valence electrons. The van der Waals surface area contributed by atoms with Crippen molar-refractivity contribution in [1.82, 2.24) is 19.9 Å². The number of hydrogen-bond donors (Lipinski definition) is 1. The summed E-state index contributed by atoms with van der Waals surface area (Å²) in [6, 6.07) is 9.95. The van der Waals surface area contributed by atoms with Crippen molar-refractivity contribution in [2.45, 2.75) is 26.3 Å². The van der Waals surface area contributed by atoms with Crippen LogP contribution in [0.2, 0.25) is 0 Å². The van der Waals surface area contributed by atoms with Gasteiger partial charge in [0.15, 0.2) is 11.5 Å². The number of fused-ring (bicyclic) bond motifs is 1. The molecular formula is C16H17N5. The molecule has 0 radical (unpaired) electrons. The van der Waals surface area contributed by atoms with Gasteiger partial charge in [-0.05, 0) is 20.8 Å². The maximum atomic E-state index is 4.58. The van der Waals surface area contributed by atoms with Crippen molar-refractivity contribution in [3.05, 3.63) is 42.9 Å². The zero-order valence-corrected chi connectivity index (χ0v) is 12.3. The van der Waals surface area contributed by atoms with Gasteiger partial charge >= 0.3 is 0 Å². The van der Waals surface area contributed by atoms with Crippen LogP contribution in [0.3, 0.4) is 0 Å². The van der Waals surface area contributed by atoms with Crippen LogP contribution in [0.1, 0.15) is 20.8 Å². The molecule has 0 spiro atoms. The van der Waals surface area contributed by atoms with E-state index in [1.165, 1.54) is 6.33 Å². The molecule has 5 nitrogen and oxygen atoms in total. The van der Waals surface area contributed by atoms with E-state index in [1.807, 2.05) is 30.3 Å². The first kappa shape index (κ1) is 13.4. The Hall–Kier alpha value is -2.56. The SMILES string of the molecule is CC(C)(C)Nc1ncnc2nc(-c3ccccc3)cnc12. The molecule has 0 unspecified atom stereocenters. The minimum atomic E-state index is -0.0962. The second-order valence-electron chi connectivity index (χ2n) is 5.89. The number of nitrogens with zero attached hydrogens (tertiary/aromatic N) is 4. The Kier molecular flexibility index (Phi) is 3.25. The summed E-state index contributed by atoms with van der Waals surface area (Å²) in [6.07, 6.45) is 3.27. The van der Waals surface area contributed by atoms with E-state index >= 15 is 0 Å². The van der Waals surface area contributed by atoms with E-state index in [0.29, 0.717) is 17.0 Å². The third kappa shape index (κ3) is 2.97. The van der Waals surface area contributed by atoms with Crippen molar-refractivity contribution in [3.8, 4) is 11.3 Å². The summed E-state index contributed by atoms with van der Waals surface area (Å²) in [5.41, 5.74) is 3.02. The fourth-order valence-corrected chi connectivity index (χ4v) is 2.03. The maximum absolute atomic E-state index is 4.58. The summed E-state index contributed by atoms with van der Waals surface area (Å²) in [4.78, 5) is 17.6. The average Bonchev–Trinajstić information content (AvgIpc) is 2.46. The molecule has 21 heavy (non-hydrogen) atoms. The molecule has 2 aromatic heterocycles. The van der Waals surface area contributed by atoms with Gasteiger partial charge in [-0.15, -0.1) is 0 Å². The van der Waals surface area contributed by atoms with Crippen LogP contribution in [-0.4, -0.2) is 25.5 Å². The smallest absolute Gasteiger partial charge is 0.184 e. The fourth-order valence-electron chi connectivity index (χ4n) is 2.03. The van der Waals surface area contributed by atoms with Crippen molar-refractivity contribution in [3.63, 3.8) is 0 Å². The average molecular weight is 279 g/mol. The predicted molar refractivity (Wildman–Crippen MR) is 83.9 cm³/mol. The lowest BCUT2D eigenvalue weighted by Crippen LogP contribution is -2.27. The van der Waals surface area contributed by atoms with Crippen molar-refractivity contribution in [1.29, 1.82) is 0 Å². The Balaban J connectivity index is 2.08. The standard InChI is InChI=1S/C16H17N5/c1-16(2,3)21-15-13-14(18-10-19-15)20-12(9-17-13)11-7-5-4-6-8-11/h4-10H,1-3H3,(H,18,19,20,21). The molecule has 0 saturated carbocycles. The molecule has 0 bridgehead atoms. The number of benzene rings is 1. The van der Waals surface area contributed by atoms with Crippen molar-refractivity contribution in [2.75, 3.05) is 5.32 Å². The molecule has 0 aliphatic carbocycles. The Morgan fingerprint density at radius 2 is 1.71 bits per heavy atom. The first-order chi connectivity index (χ1) is 10.0. The van der Waals surface area contributed by atoms with Crippen molar-refractivity contribution in [2.24, 2.45) is 0 Å². The molecule has 5 heteroatoms. The Morgan fingerprint density at radius 3 is 2.43 bits per heavy atom. The highest BCUT2D eigenvalue weighted by Gasteiger charge is 2.14. The van der Waals surface area contributed by atoms with Gasteiger partial charge in [0.1, 0.15) is 11.8 Å². The van der Waals surface area contributed by atoms with Crippen LogP contribution in [0.4, 0.5) is 5.82 Å². The Bertz CT molecular complexity index is 762. The summed E-state index contributed by atoms with van der Waals surface area (Å²) in [7, 11) is 0. The minimum absolute atomic E-state index is 0.0962. The lowest BCUT2D eigenvalue weighted by atomic mass is 10.1. The second kappa shape index (κ2) is 5.09. The number of aromatic nitrogens is 4. The quantitative estimate of drug-likeness (QED) is 0.779. The van der Waals surface area contributed by atoms with Crippen LogP contribution in [0.25, 0.3) is 22.4 Å². The zero-order valence-electron chi connectivity index (χ0n) is 12.3. The normalized spacial score (nSPS) is 11.6. The molecule has 2 heterocycles. The Morgan fingerprint density at radius 1 is 0.952 bits per heavy atom. The third-order valence-corrected chi connectivity index (χ3v) is 2.91. The van der Waals surface area contributed by atoms with Crippen LogP contribution in [0.15, 0.2) is 42.9 Å². The molecule has 0 aliphatic heterocycles. The molecule has 0 aliphatic rings. The number of hydrogen-bond acceptors (Lipinski definition) is 5. The van der Waals surface area contributed by atoms with E-state index in [-0.39, 0.29) is 5.54 Å². The first-order valence-electron chi connectivity index (χ1n) is 6.84. The van der Waals surface area contributed by atoms with Gasteiger partial charge in [0.25, 0.3) is 0 Å². The third-order valence-electron chi connectivity index (χ3n) is 2.91. The van der Waals surface area contributed by atoms with Gasteiger partial charge in [-0.25, -0.2) is 19.9 Å². The molecule has 0 fully saturated rings. The second-order valence-corrected chi connectivity index (χ2v) is 5.89.